The summed E-state index contributed by atoms with van der Waals surface area (Å²) in [5.41, 5.74) is 12.7. The Morgan fingerprint density at radius 2 is 1.37 bits per heavy atom. The molecule has 2 fully saturated rings. The molecular formula is C39H58F2N10O12P2. The van der Waals surface area contributed by atoms with Gasteiger partial charge in [0.15, 0.2) is 51.2 Å². The number of aliphatic hydroxyl groups is 1. The van der Waals surface area contributed by atoms with Crippen LogP contribution in [0.5, 0.6) is 0 Å². The fourth-order valence-electron chi connectivity index (χ4n) is 7.61. The maximum Gasteiger partial charge on any atom is 0.478 e. The van der Waals surface area contributed by atoms with Crippen molar-refractivity contribution >= 4 is 62.8 Å². The predicted octanol–water partition coefficient (Wildman–Crippen LogP) is 6.12. The number of nitrogens with two attached hydrogens (primary N) is 2. The minimum Gasteiger partial charge on any atom is -0.438 e. The van der Waals surface area contributed by atoms with Crippen LogP contribution in [0.25, 0.3) is 22.3 Å². The number of phosphoric ester groups is 1. The van der Waals surface area contributed by atoms with E-state index < -0.39 is 104 Å². The normalized spacial score (nSPS) is 24.4. The van der Waals surface area contributed by atoms with E-state index in [1.807, 2.05) is 0 Å². The molecule has 0 bridgehead atoms. The SMILES string of the molecule is CCCCCCCC(=O)OCOPOC[C@H]1O[C@@H](n2cnc3c(N)ncnc32)C(F)C1OP(=O)(OCOC(=O)CCCCCCC)OC[C@H]1C[C@@H](n2cnc3c(N)ncnc32)C(F)C1O. The van der Waals surface area contributed by atoms with Gasteiger partial charge in [0, 0.05) is 18.8 Å². The second kappa shape index (κ2) is 24.6. The van der Waals surface area contributed by atoms with Crippen molar-refractivity contribution in [2.75, 3.05) is 38.3 Å². The molecule has 6 unspecified atom stereocenters. The first-order chi connectivity index (χ1) is 31.4. The number of hydrogen-bond donors (Lipinski definition) is 3. The van der Waals surface area contributed by atoms with E-state index in [9.17, 15) is 19.3 Å². The third kappa shape index (κ3) is 13.3. The number of aliphatic hydroxyl groups excluding tert-OH is 1. The van der Waals surface area contributed by atoms with E-state index in [0.717, 1.165) is 57.7 Å². The summed E-state index contributed by atoms with van der Waals surface area (Å²) in [5, 5.41) is 11.1. The lowest BCUT2D eigenvalue weighted by Gasteiger charge is -2.26. The standard InChI is InChI=1S/C39H58F2N10O12P2/c1-3-5-7-9-11-13-27(52)56-22-59-64-58-17-26-34(30(41)39(62-26)51-21-49-32-36(43)45-19-47-38(32)51)63-65(55,61-23-57-28(53)14-12-10-8-6-4-2)60-16-24-15-25(29(40)33(24)54)50-20-48-31-35(42)44-18-46-37(31)50/h18-21,24-26,29-30,33-34,39,54,64H,3-17,22-23H2,1-2H3,(H2,42,44,46)(H2,43,45,47)/t24-,25-,26-,29?,30?,33?,34?,39-,65?/m1/s1. The topological polar surface area (TPSA) is 285 Å². The van der Waals surface area contributed by atoms with Gasteiger partial charge in [-0.1, -0.05) is 65.2 Å². The summed E-state index contributed by atoms with van der Waals surface area (Å²) in [6.07, 6.45) is 4.05. The molecule has 65 heavy (non-hydrogen) atoms. The molecule has 0 spiro atoms. The molecule has 5 N–H and O–H groups in total. The van der Waals surface area contributed by atoms with Gasteiger partial charge in [0.2, 0.25) is 6.79 Å². The minimum absolute atomic E-state index is 0.0256. The van der Waals surface area contributed by atoms with E-state index in [1.165, 1.54) is 28.1 Å². The number of rotatable bonds is 28. The van der Waals surface area contributed by atoms with Crippen LogP contribution >= 0.6 is 16.9 Å². The van der Waals surface area contributed by atoms with Crippen LogP contribution in [-0.2, 0) is 51.0 Å². The first kappa shape index (κ1) is 50.3. The molecule has 26 heteroatoms. The summed E-state index contributed by atoms with van der Waals surface area (Å²) < 4.78 is 94.5. The number of esters is 2. The van der Waals surface area contributed by atoms with Crippen LogP contribution < -0.4 is 11.5 Å². The third-order valence-electron chi connectivity index (χ3n) is 11.1. The van der Waals surface area contributed by atoms with Crippen molar-refractivity contribution in [3.05, 3.63) is 25.3 Å². The molecule has 10 atom stereocenters. The van der Waals surface area contributed by atoms with Gasteiger partial charge < -0.3 is 39.9 Å². The largest absolute Gasteiger partial charge is 0.478 e. The van der Waals surface area contributed by atoms with Crippen LogP contribution in [0.3, 0.4) is 0 Å². The number of carbonyl (C=O) groups excluding carboxylic acids is 2. The molecule has 2 aliphatic rings. The Morgan fingerprint density at radius 3 is 2.00 bits per heavy atom. The summed E-state index contributed by atoms with van der Waals surface area (Å²) in [6.45, 7) is 1.83. The van der Waals surface area contributed by atoms with Gasteiger partial charge in [-0.3, -0.25) is 27.7 Å². The highest BCUT2D eigenvalue weighted by Crippen LogP contribution is 2.55. The monoisotopic (exact) mass is 958 g/mol. The fraction of sp³-hybridized carbons (Fsp3) is 0.692. The van der Waals surface area contributed by atoms with Crippen molar-refractivity contribution in [3.63, 3.8) is 0 Å². The number of fused-ring (bicyclic) bond motifs is 2. The summed E-state index contributed by atoms with van der Waals surface area (Å²) in [6, 6.07) is -0.997. The zero-order chi connectivity index (χ0) is 46.3. The molecule has 1 saturated carbocycles. The van der Waals surface area contributed by atoms with E-state index in [2.05, 4.69) is 43.8 Å². The predicted molar refractivity (Wildman–Crippen MR) is 230 cm³/mol. The third-order valence-corrected chi connectivity index (χ3v) is 13.0. The lowest BCUT2D eigenvalue weighted by Crippen LogP contribution is -2.34. The number of nitrogen functional groups attached to an aromatic ring is 2. The average molecular weight is 959 g/mol. The maximum atomic E-state index is 16.9. The number of anilines is 2. The molecule has 0 radical (unpaired) electrons. The zero-order valence-corrected chi connectivity index (χ0v) is 38.2. The first-order valence-electron chi connectivity index (χ1n) is 21.8. The van der Waals surface area contributed by atoms with Gasteiger partial charge in [-0.05, 0) is 19.3 Å². The lowest BCUT2D eigenvalue weighted by molar-refractivity contribution is -0.152. The highest BCUT2D eigenvalue weighted by Gasteiger charge is 2.52. The highest BCUT2D eigenvalue weighted by atomic mass is 31.2. The molecular weight excluding hydrogens is 900 g/mol. The summed E-state index contributed by atoms with van der Waals surface area (Å²) in [5.74, 6) is -1.98. The van der Waals surface area contributed by atoms with E-state index in [1.54, 1.807) is 0 Å². The number of imidazole rings is 2. The van der Waals surface area contributed by atoms with E-state index in [0.29, 0.717) is 12.8 Å². The fourth-order valence-corrected chi connectivity index (χ4v) is 9.33. The number of carbonyl (C=O) groups is 2. The lowest BCUT2D eigenvalue weighted by atomic mass is 10.1. The number of aromatic nitrogens is 8. The second-order valence-electron chi connectivity index (χ2n) is 15.8. The summed E-state index contributed by atoms with van der Waals surface area (Å²) >= 11 is 0. The smallest absolute Gasteiger partial charge is 0.438 e. The van der Waals surface area contributed by atoms with Crippen LogP contribution in [0.1, 0.15) is 110 Å². The van der Waals surface area contributed by atoms with Gasteiger partial charge in [-0.15, -0.1) is 0 Å². The van der Waals surface area contributed by atoms with Crippen molar-refractivity contribution in [2.45, 2.75) is 140 Å². The van der Waals surface area contributed by atoms with Crippen molar-refractivity contribution in [3.8, 4) is 0 Å². The Labute approximate surface area is 375 Å². The Hall–Kier alpha value is -4.12. The molecule has 1 saturated heterocycles. The zero-order valence-electron chi connectivity index (χ0n) is 36.3. The molecule has 4 aromatic rings. The van der Waals surface area contributed by atoms with E-state index in [-0.39, 0.29) is 53.2 Å². The number of phosphoric acid groups is 1. The molecule has 0 amide bonds. The van der Waals surface area contributed by atoms with E-state index >= 15 is 8.78 Å². The minimum atomic E-state index is -5.00. The number of halogens is 2. The van der Waals surface area contributed by atoms with E-state index in [4.69, 9.17) is 48.3 Å². The number of unbranched alkanes of at least 4 members (excludes halogenated alkanes) is 8. The van der Waals surface area contributed by atoms with Crippen LogP contribution in [0.2, 0.25) is 0 Å². The maximum absolute atomic E-state index is 16.9. The average Bonchev–Trinajstić information content (AvgIpc) is 4.06. The van der Waals surface area contributed by atoms with Crippen molar-refractivity contribution in [1.82, 2.24) is 39.0 Å². The number of nitrogens with zero attached hydrogens (tertiary/aromatic N) is 8. The number of alkyl halides is 2. The Kier molecular flexibility index (Phi) is 19.0. The van der Waals surface area contributed by atoms with Crippen molar-refractivity contribution in [1.29, 1.82) is 0 Å². The number of ether oxygens (including phenoxy) is 3. The quantitative estimate of drug-likeness (QED) is 0.0250. The summed E-state index contributed by atoms with van der Waals surface area (Å²) in [7, 11) is -5.71. The van der Waals surface area contributed by atoms with Gasteiger partial charge in [0.1, 0.15) is 42.1 Å². The summed E-state index contributed by atoms with van der Waals surface area (Å²) in [4.78, 5) is 49.3. The van der Waals surface area contributed by atoms with Crippen molar-refractivity contribution in [2.24, 2.45) is 5.92 Å². The van der Waals surface area contributed by atoms with Crippen molar-refractivity contribution < 1.29 is 64.9 Å². The molecule has 22 nitrogen and oxygen atoms in total. The molecule has 4 aromatic heterocycles. The van der Waals surface area contributed by atoms with Crippen LogP contribution in [0, 0.1) is 5.92 Å². The molecule has 6 rings (SSSR count). The van der Waals surface area contributed by atoms with Gasteiger partial charge >= 0.3 is 19.8 Å². The first-order valence-corrected chi connectivity index (χ1v) is 24.1. The molecule has 5 heterocycles. The Bertz CT molecular complexity index is 2190. The highest BCUT2D eigenvalue weighted by molar-refractivity contribution is 7.48. The van der Waals surface area contributed by atoms with Crippen LogP contribution in [0.15, 0.2) is 25.3 Å². The van der Waals surface area contributed by atoms with Gasteiger partial charge in [0.25, 0.3) is 0 Å². The molecule has 1 aliphatic carbocycles. The van der Waals surface area contributed by atoms with Gasteiger partial charge in [-0.25, -0.2) is 47.8 Å². The number of hydrogen-bond acceptors (Lipinski definition) is 20. The second-order valence-corrected chi connectivity index (χ2v) is 18.1. The molecule has 360 valence electrons. The van der Waals surface area contributed by atoms with Crippen LogP contribution in [0.4, 0.5) is 20.4 Å². The molecule has 0 aromatic carbocycles. The Morgan fingerprint density at radius 1 is 0.785 bits per heavy atom. The molecule has 1 aliphatic heterocycles. The van der Waals surface area contributed by atoms with Crippen LogP contribution in [-0.4, -0.2) is 114 Å². The Balaban J connectivity index is 1.15. The van der Waals surface area contributed by atoms with Gasteiger partial charge in [-0.2, -0.15) is 0 Å². The van der Waals surface area contributed by atoms with Gasteiger partial charge in [0.05, 0.1) is 38.0 Å².